The second-order valence-corrected chi connectivity index (χ2v) is 11.2. The van der Waals surface area contributed by atoms with Gasteiger partial charge in [0, 0.05) is 50.4 Å². The van der Waals surface area contributed by atoms with Gasteiger partial charge in [-0.05, 0) is 38.2 Å². The van der Waals surface area contributed by atoms with E-state index in [-0.39, 0.29) is 48.0 Å². The van der Waals surface area contributed by atoms with Gasteiger partial charge in [0.05, 0.1) is 29.7 Å². The number of amides is 2. The third kappa shape index (κ3) is 9.96. The van der Waals surface area contributed by atoms with E-state index < -0.39 is 60.0 Å². The van der Waals surface area contributed by atoms with Crippen molar-refractivity contribution >= 4 is 23.6 Å². The third-order valence-corrected chi connectivity index (χ3v) is 7.58. The molecule has 44 heavy (non-hydrogen) atoms. The maximum absolute atomic E-state index is 13.6. The minimum atomic E-state index is -1.02. The Hall–Kier alpha value is -3.62. The lowest BCUT2D eigenvalue weighted by atomic mass is 9.85. The summed E-state index contributed by atoms with van der Waals surface area (Å²) in [6.45, 7) is 6.76. The zero-order valence-electron chi connectivity index (χ0n) is 26.2. The highest BCUT2D eigenvalue weighted by Gasteiger charge is 2.33. The van der Waals surface area contributed by atoms with Crippen molar-refractivity contribution in [3.05, 3.63) is 58.5 Å². The van der Waals surface area contributed by atoms with Crippen molar-refractivity contribution in [3.63, 3.8) is 0 Å². The number of carbonyl (C=O) groups is 4. The highest BCUT2D eigenvalue weighted by molar-refractivity contribution is 6.23. The van der Waals surface area contributed by atoms with Gasteiger partial charge in [0.15, 0.2) is 6.10 Å². The lowest BCUT2D eigenvalue weighted by molar-refractivity contribution is -0.120. The molecule has 2 bridgehead atoms. The maximum atomic E-state index is 13.6. The van der Waals surface area contributed by atoms with Crippen LogP contribution >= 0.6 is 0 Å². The van der Waals surface area contributed by atoms with Crippen LogP contribution in [0.25, 0.3) is 0 Å². The predicted octanol–water partition coefficient (Wildman–Crippen LogP) is 0.671. The summed E-state index contributed by atoms with van der Waals surface area (Å²) in [5.41, 5.74) is 11.6. The first-order chi connectivity index (χ1) is 20.7. The van der Waals surface area contributed by atoms with Crippen LogP contribution in [0.3, 0.4) is 0 Å². The van der Waals surface area contributed by atoms with Crippen LogP contribution in [-0.4, -0.2) is 91.6 Å². The van der Waals surface area contributed by atoms with Crippen LogP contribution in [0, 0.1) is 11.8 Å². The van der Waals surface area contributed by atoms with E-state index in [1.54, 1.807) is 26.0 Å². The van der Waals surface area contributed by atoms with Gasteiger partial charge in [-0.3, -0.25) is 14.4 Å². The summed E-state index contributed by atoms with van der Waals surface area (Å²) in [5, 5.41) is 26.6. The van der Waals surface area contributed by atoms with Gasteiger partial charge in [-0.15, -0.1) is 0 Å². The van der Waals surface area contributed by atoms with E-state index in [2.05, 4.69) is 10.6 Å². The van der Waals surface area contributed by atoms with E-state index in [0.29, 0.717) is 12.0 Å². The fourth-order valence-electron chi connectivity index (χ4n) is 5.08. The first-order valence-corrected chi connectivity index (χ1v) is 14.4. The van der Waals surface area contributed by atoms with Crippen molar-refractivity contribution in [1.29, 1.82) is 0 Å². The summed E-state index contributed by atoms with van der Waals surface area (Å²) >= 11 is 0. The fourth-order valence-corrected chi connectivity index (χ4v) is 5.08. The molecule has 0 saturated carbocycles. The Morgan fingerprint density at radius 3 is 2.45 bits per heavy atom. The fraction of sp³-hybridized carbons (Fsp3) is 0.548. The largest absolute Gasteiger partial charge is 0.439 e. The lowest BCUT2D eigenvalue weighted by Gasteiger charge is -2.30. The number of rotatable bonds is 7. The van der Waals surface area contributed by atoms with Crippen molar-refractivity contribution in [2.24, 2.45) is 23.3 Å². The molecule has 0 saturated heterocycles. The van der Waals surface area contributed by atoms with Crippen LogP contribution in [0.2, 0.25) is 0 Å². The Kier molecular flexibility index (Phi) is 14.1. The number of nitrogens with one attached hydrogen (secondary N) is 2. The lowest BCUT2D eigenvalue weighted by Crippen LogP contribution is -2.39. The van der Waals surface area contributed by atoms with Crippen LogP contribution in [0.4, 0.5) is 4.79 Å². The number of hydrogen-bond acceptors (Lipinski definition) is 11. The van der Waals surface area contributed by atoms with E-state index >= 15 is 0 Å². The van der Waals surface area contributed by atoms with Gasteiger partial charge in [-0.25, -0.2) is 4.79 Å². The summed E-state index contributed by atoms with van der Waals surface area (Å²) in [7, 11) is 2.88. The number of aliphatic hydroxyl groups excluding tert-OH is 2. The zero-order valence-corrected chi connectivity index (χ0v) is 26.2. The number of aliphatic hydroxyl groups is 2. The van der Waals surface area contributed by atoms with E-state index in [4.69, 9.17) is 25.7 Å². The van der Waals surface area contributed by atoms with Gasteiger partial charge in [0.25, 0.3) is 5.91 Å². The average molecular weight is 619 g/mol. The van der Waals surface area contributed by atoms with Crippen LogP contribution in [0.15, 0.2) is 58.5 Å². The monoisotopic (exact) mass is 618 g/mol. The van der Waals surface area contributed by atoms with Crippen LogP contribution in [0.1, 0.15) is 40.5 Å². The summed E-state index contributed by atoms with van der Waals surface area (Å²) in [6, 6.07) is 0. The summed E-state index contributed by atoms with van der Waals surface area (Å²) < 4.78 is 16.5. The number of primary amides is 1. The average Bonchev–Trinajstić information content (AvgIpc) is 2.97. The van der Waals surface area contributed by atoms with Gasteiger partial charge in [0.1, 0.15) is 6.10 Å². The van der Waals surface area contributed by atoms with Gasteiger partial charge < -0.3 is 46.5 Å². The number of nitrogens with two attached hydrogens (primary N) is 2. The summed E-state index contributed by atoms with van der Waals surface area (Å²) in [5.74, 6) is -2.46. The molecule has 2 rings (SSSR count). The van der Waals surface area contributed by atoms with E-state index in [9.17, 15) is 29.4 Å². The summed E-state index contributed by atoms with van der Waals surface area (Å²) in [6.07, 6.45) is 2.39. The third-order valence-electron chi connectivity index (χ3n) is 7.58. The van der Waals surface area contributed by atoms with E-state index in [1.807, 2.05) is 6.92 Å². The number of hydrogen-bond donors (Lipinski definition) is 6. The Morgan fingerprint density at radius 2 is 1.86 bits per heavy atom. The first-order valence-electron chi connectivity index (χ1n) is 14.4. The van der Waals surface area contributed by atoms with Crippen LogP contribution in [0.5, 0.6) is 0 Å². The summed E-state index contributed by atoms with van der Waals surface area (Å²) in [4.78, 5) is 51.5. The molecular weight excluding hydrogens is 572 g/mol. The van der Waals surface area contributed by atoms with E-state index in [1.165, 1.54) is 33.3 Å². The molecular formula is C31H46N4O9. The normalized spacial score (nSPS) is 31.6. The molecule has 13 nitrogen and oxygen atoms in total. The number of carbonyl (C=O) groups excluding carboxylic acids is 4. The molecule has 0 fully saturated rings. The molecule has 2 unspecified atom stereocenters. The maximum Gasteiger partial charge on any atom is 0.405 e. The SMILES string of the molecule is COC1/C=C\C=C(/C)C(=O)NC2=CC(=O)C(NCC(O)CN)=C(C[C@@H](C)C[C@H](OC)[C@H](O)[C@@H](C)/C=C(\C)[C@@H]1OC(N)=O)C2=O. The van der Waals surface area contributed by atoms with Gasteiger partial charge in [0.2, 0.25) is 11.6 Å². The predicted molar refractivity (Wildman–Crippen MR) is 163 cm³/mol. The Morgan fingerprint density at radius 1 is 1.18 bits per heavy atom. The minimum absolute atomic E-state index is 0.0148. The van der Waals surface area contributed by atoms with Crippen molar-refractivity contribution in [2.75, 3.05) is 27.3 Å². The second kappa shape index (κ2) is 17.0. The van der Waals surface area contributed by atoms with Gasteiger partial charge in [-0.2, -0.15) is 0 Å². The Balaban J connectivity index is 2.62. The molecule has 1 heterocycles. The zero-order chi connectivity index (χ0) is 33.1. The van der Waals surface area contributed by atoms with Crippen molar-refractivity contribution in [3.8, 4) is 0 Å². The number of allylic oxidation sites excluding steroid dienone is 4. The smallest absolute Gasteiger partial charge is 0.405 e. The number of fused-ring (bicyclic) bond motifs is 2. The van der Waals surface area contributed by atoms with Gasteiger partial charge in [-0.1, -0.05) is 38.2 Å². The van der Waals surface area contributed by atoms with Crippen LogP contribution in [-0.2, 0) is 28.6 Å². The highest BCUT2D eigenvalue weighted by Crippen LogP contribution is 2.28. The molecule has 2 aliphatic rings. The standard InChI is InChI=1S/C31H46N4O9/c1-16-10-21-26(34-15-20(36)14-32)23(37)13-22(28(21)39)35-30(40)17(2)8-7-9-24(42-5)29(44-31(33)41)19(4)12-18(3)27(38)25(11-16)43-6/h7-9,12-13,16,18,20,24-25,27,29,34,36,38H,10-11,14-15,32H2,1-6H3,(H2,33,41)(H,35,40)/b9-7-,17-8+,19-12+/t16-,18+,20?,24?,25+,27-,29+/m1/s1. The second-order valence-electron chi connectivity index (χ2n) is 11.2. The number of Topliss-reactive ketones (excluding diaryl/α,β-unsaturated/α-hetero) is 1. The van der Waals surface area contributed by atoms with Gasteiger partial charge >= 0.3 is 6.09 Å². The van der Waals surface area contributed by atoms with Crippen molar-refractivity contribution in [2.45, 2.75) is 71.1 Å². The number of methoxy groups -OCH3 is 2. The van der Waals surface area contributed by atoms with Crippen molar-refractivity contribution < 1.29 is 43.6 Å². The molecule has 8 N–H and O–H groups in total. The molecule has 0 aromatic carbocycles. The molecule has 7 atom stereocenters. The molecule has 2 amide bonds. The molecule has 244 valence electrons. The Bertz CT molecular complexity index is 1240. The first kappa shape index (κ1) is 36.6. The molecule has 0 spiro atoms. The molecule has 0 aromatic heterocycles. The Labute approximate surface area is 258 Å². The van der Waals surface area contributed by atoms with Crippen LogP contribution < -0.4 is 22.1 Å². The van der Waals surface area contributed by atoms with Crippen molar-refractivity contribution in [1.82, 2.24) is 10.6 Å². The minimum Gasteiger partial charge on any atom is -0.439 e. The molecule has 0 aromatic rings. The number of ketones is 2. The van der Waals surface area contributed by atoms with E-state index in [0.717, 1.165) is 6.08 Å². The molecule has 13 heteroatoms. The molecule has 1 aliphatic carbocycles. The quantitative estimate of drug-likeness (QED) is 0.172. The topological polar surface area (TPSA) is 213 Å². The molecule has 0 radical (unpaired) electrons. The highest BCUT2D eigenvalue weighted by atomic mass is 16.6. The number of ether oxygens (including phenoxy) is 3. The molecule has 1 aliphatic heterocycles.